The predicted molar refractivity (Wildman–Crippen MR) is 127 cm³/mol. The Balaban J connectivity index is 1.68. The van der Waals surface area contributed by atoms with Gasteiger partial charge in [-0.15, -0.1) is 0 Å². The van der Waals surface area contributed by atoms with Crippen LogP contribution in [-0.2, 0) is 4.79 Å². The van der Waals surface area contributed by atoms with Crippen LogP contribution in [0.2, 0.25) is 0 Å². The number of nitrogens with one attached hydrogen (secondary N) is 2. The molecule has 7 nitrogen and oxygen atoms in total. The fraction of sp³-hybridized carbons (Fsp3) is 0.423. The fourth-order valence-corrected chi connectivity index (χ4v) is 3.98. The molecule has 7 heteroatoms. The van der Waals surface area contributed by atoms with Gasteiger partial charge in [-0.3, -0.25) is 14.4 Å². The first-order valence-electron chi connectivity index (χ1n) is 11.5. The first-order chi connectivity index (χ1) is 15.9. The minimum atomic E-state index is -0.660. The van der Waals surface area contributed by atoms with Crippen LogP contribution in [0.1, 0.15) is 47.4 Å². The van der Waals surface area contributed by atoms with Crippen molar-refractivity contribution in [2.24, 2.45) is 11.8 Å². The number of hydrogen-bond donors (Lipinski definition) is 2. The van der Waals surface area contributed by atoms with Crippen LogP contribution >= 0.6 is 0 Å². The summed E-state index contributed by atoms with van der Waals surface area (Å²) in [7, 11) is 1.57. The zero-order chi connectivity index (χ0) is 23.8. The molecule has 1 heterocycles. The second-order valence-corrected chi connectivity index (χ2v) is 8.81. The molecule has 3 rings (SSSR count). The third-order valence-corrected chi connectivity index (χ3v) is 5.92. The number of rotatable bonds is 8. The number of hydrogen-bond acceptors (Lipinski definition) is 4. The highest BCUT2D eigenvalue weighted by atomic mass is 16.5. The van der Waals surface area contributed by atoms with Crippen LogP contribution in [0.5, 0.6) is 5.75 Å². The number of amides is 3. The summed E-state index contributed by atoms with van der Waals surface area (Å²) in [5, 5.41) is 5.90. The molecule has 33 heavy (non-hydrogen) atoms. The van der Waals surface area contributed by atoms with Gasteiger partial charge in [-0.1, -0.05) is 32.0 Å². The second kappa shape index (κ2) is 11.5. The largest absolute Gasteiger partial charge is 0.497 e. The SMILES string of the molecule is COc1ccc(C(=O)N[C@@H](C(=O)NCC(C)C)C2CCN(C(=O)c3ccccc3)CC2)cc1. The summed E-state index contributed by atoms with van der Waals surface area (Å²) in [5.41, 5.74) is 1.13. The van der Waals surface area contributed by atoms with Crippen LogP contribution in [0, 0.1) is 11.8 Å². The van der Waals surface area contributed by atoms with Crippen molar-refractivity contribution in [3.63, 3.8) is 0 Å². The van der Waals surface area contributed by atoms with Gasteiger partial charge in [0, 0.05) is 30.8 Å². The quantitative estimate of drug-likeness (QED) is 0.646. The van der Waals surface area contributed by atoms with Crippen molar-refractivity contribution in [2.75, 3.05) is 26.7 Å². The lowest BCUT2D eigenvalue weighted by atomic mass is 9.88. The molecule has 1 aliphatic heterocycles. The molecule has 0 bridgehead atoms. The fourth-order valence-electron chi connectivity index (χ4n) is 3.98. The Bertz CT molecular complexity index is 936. The van der Waals surface area contributed by atoms with Crippen LogP contribution in [0.3, 0.4) is 0 Å². The highest BCUT2D eigenvalue weighted by Crippen LogP contribution is 2.23. The van der Waals surface area contributed by atoms with E-state index in [1.807, 2.05) is 49.1 Å². The summed E-state index contributed by atoms with van der Waals surface area (Å²) in [6.07, 6.45) is 1.28. The molecule has 2 aromatic carbocycles. The second-order valence-electron chi connectivity index (χ2n) is 8.81. The van der Waals surface area contributed by atoms with Crippen LogP contribution in [0.25, 0.3) is 0 Å². The Morgan fingerprint density at radius 3 is 2.18 bits per heavy atom. The van der Waals surface area contributed by atoms with Crippen molar-refractivity contribution in [3.05, 3.63) is 65.7 Å². The number of nitrogens with zero attached hydrogens (tertiary/aromatic N) is 1. The smallest absolute Gasteiger partial charge is 0.253 e. The average molecular weight is 452 g/mol. The summed E-state index contributed by atoms with van der Waals surface area (Å²) in [4.78, 5) is 40.5. The highest BCUT2D eigenvalue weighted by Gasteiger charge is 2.34. The van der Waals surface area contributed by atoms with Gasteiger partial charge in [0.2, 0.25) is 5.91 Å². The summed E-state index contributed by atoms with van der Waals surface area (Å²) in [6, 6.07) is 15.3. The van der Waals surface area contributed by atoms with Gasteiger partial charge in [0.25, 0.3) is 11.8 Å². The van der Waals surface area contributed by atoms with Gasteiger partial charge >= 0.3 is 0 Å². The van der Waals surface area contributed by atoms with E-state index in [0.717, 1.165) is 0 Å². The monoisotopic (exact) mass is 451 g/mol. The van der Waals surface area contributed by atoms with E-state index in [9.17, 15) is 14.4 Å². The van der Waals surface area contributed by atoms with Crippen LogP contribution in [0.4, 0.5) is 0 Å². The molecule has 176 valence electrons. The van der Waals surface area contributed by atoms with Crippen molar-refractivity contribution >= 4 is 17.7 Å². The molecule has 2 aromatic rings. The van der Waals surface area contributed by atoms with Gasteiger partial charge in [-0.25, -0.2) is 0 Å². The summed E-state index contributed by atoms with van der Waals surface area (Å²) in [6.45, 7) is 5.69. The summed E-state index contributed by atoms with van der Waals surface area (Å²) < 4.78 is 5.15. The first-order valence-corrected chi connectivity index (χ1v) is 11.5. The molecule has 1 fully saturated rings. The molecule has 0 spiro atoms. The maximum Gasteiger partial charge on any atom is 0.253 e. The van der Waals surface area contributed by atoms with E-state index in [1.165, 1.54) is 0 Å². The lowest BCUT2D eigenvalue weighted by molar-refractivity contribution is -0.124. The Labute approximate surface area is 195 Å². The maximum atomic E-state index is 13.0. The average Bonchev–Trinajstić information content (AvgIpc) is 2.86. The standard InChI is InChI=1S/C26H33N3O4/c1-18(2)17-27-25(31)23(28-24(30)20-9-11-22(33-3)12-10-20)19-13-15-29(16-14-19)26(32)21-7-5-4-6-8-21/h4-12,18-19,23H,13-17H2,1-3H3,(H,27,31)(H,28,30)/t23-/m1/s1. The minimum absolute atomic E-state index is 0.00266. The molecular formula is C26H33N3O4. The molecule has 1 atom stereocenters. The number of ether oxygens (including phenoxy) is 1. The maximum absolute atomic E-state index is 13.0. The first kappa shape index (κ1) is 24.3. The Morgan fingerprint density at radius 2 is 1.61 bits per heavy atom. The van der Waals surface area contributed by atoms with E-state index in [4.69, 9.17) is 4.74 Å². The van der Waals surface area contributed by atoms with Crippen molar-refractivity contribution in [1.82, 2.24) is 15.5 Å². The molecule has 0 unspecified atom stereocenters. The molecule has 0 aromatic heterocycles. The molecular weight excluding hydrogens is 418 g/mol. The Morgan fingerprint density at radius 1 is 0.970 bits per heavy atom. The van der Waals surface area contributed by atoms with E-state index in [2.05, 4.69) is 10.6 Å². The van der Waals surface area contributed by atoms with E-state index in [1.54, 1.807) is 31.4 Å². The number of benzene rings is 2. The lowest BCUT2D eigenvalue weighted by Crippen LogP contribution is -2.54. The van der Waals surface area contributed by atoms with Gasteiger partial charge < -0.3 is 20.3 Å². The Hall–Kier alpha value is -3.35. The highest BCUT2D eigenvalue weighted by molar-refractivity contribution is 5.98. The van der Waals surface area contributed by atoms with Gasteiger partial charge in [-0.2, -0.15) is 0 Å². The van der Waals surface area contributed by atoms with Crippen LogP contribution in [0.15, 0.2) is 54.6 Å². The number of piperidine rings is 1. The summed E-state index contributed by atoms with van der Waals surface area (Å²) in [5.74, 6) is 0.422. The summed E-state index contributed by atoms with van der Waals surface area (Å²) >= 11 is 0. The van der Waals surface area contributed by atoms with Gasteiger partial charge in [-0.05, 0) is 61.1 Å². The number of likely N-dealkylation sites (tertiary alicyclic amines) is 1. The Kier molecular flexibility index (Phi) is 8.46. The zero-order valence-corrected chi connectivity index (χ0v) is 19.5. The number of carbonyl (C=O) groups excluding carboxylic acids is 3. The van der Waals surface area contributed by atoms with E-state index < -0.39 is 6.04 Å². The number of methoxy groups -OCH3 is 1. The van der Waals surface area contributed by atoms with E-state index in [-0.39, 0.29) is 23.6 Å². The number of carbonyl (C=O) groups is 3. The van der Waals surface area contributed by atoms with Crippen molar-refractivity contribution in [2.45, 2.75) is 32.7 Å². The normalized spacial score (nSPS) is 15.1. The van der Waals surface area contributed by atoms with Gasteiger partial charge in [0.05, 0.1) is 7.11 Å². The predicted octanol–water partition coefficient (Wildman–Crippen LogP) is 3.12. The molecule has 0 aliphatic carbocycles. The van der Waals surface area contributed by atoms with E-state index >= 15 is 0 Å². The van der Waals surface area contributed by atoms with Gasteiger partial charge in [0.1, 0.15) is 11.8 Å². The van der Waals surface area contributed by atoms with Gasteiger partial charge in [0.15, 0.2) is 0 Å². The van der Waals surface area contributed by atoms with Crippen LogP contribution in [-0.4, -0.2) is 55.4 Å². The lowest BCUT2D eigenvalue weighted by Gasteiger charge is -2.36. The molecule has 0 radical (unpaired) electrons. The van der Waals surface area contributed by atoms with Crippen molar-refractivity contribution in [1.29, 1.82) is 0 Å². The topological polar surface area (TPSA) is 87.7 Å². The third kappa shape index (κ3) is 6.57. The van der Waals surface area contributed by atoms with Crippen molar-refractivity contribution in [3.8, 4) is 5.75 Å². The molecule has 1 saturated heterocycles. The molecule has 2 N–H and O–H groups in total. The zero-order valence-electron chi connectivity index (χ0n) is 19.5. The van der Waals surface area contributed by atoms with Crippen LogP contribution < -0.4 is 15.4 Å². The molecule has 1 aliphatic rings. The minimum Gasteiger partial charge on any atom is -0.497 e. The third-order valence-electron chi connectivity index (χ3n) is 5.92. The van der Waals surface area contributed by atoms with Crippen molar-refractivity contribution < 1.29 is 19.1 Å². The molecule has 0 saturated carbocycles. The molecule has 3 amide bonds. The van der Waals surface area contributed by atoms with E-state index in [0.29, 0.717) is 55.3 Å².